The molecular formula is C30H30F3N3. The van der Waals surface area contributed by atoms with E-state index in [0.717, 1.165) is 41.3 Å². The number of allylic oxidation sites excluding steroid dienone is 5. The van der Waals surface area contributed by atoms with Gasteiger partial charge in [0.15, 0.2) is 0 Å². The summed E-state index contributed by atoms with van der Waals surface area (Å²) in [5.41, 5.74) is 2.59. The van der Waals surface area contributed by atoms with Crippen LogP contribution in [0.1, 0.15) is 49.4 Å². The molecule has 0 aliphatic carbocycles. The van der Waals surface area contributed by atoms with E-state index in [0.29, 0.717) is 12.0 Å². The van der Waals surface area contributed by atoms with Crippen LogP contribution < -0.4 is 5.32 Å². The van der Waals surface area contributed by atoms with E-state index in [-0.39, 0.29) is 6.04 Å². The first kappa shape index (κ1) is 26.9. The molecule has 2 unspecified atom stereocenters. The number of nitrogens with one attached hydrogen (secondary N) is 1. The van der Waals surface area contributed by atoms with Crippen molar-refractivity contribution >= 4 is 6.21 Å². The minimum absolute atomic E-state index is 0.142. The predicted octanol–water partition coefficient (Wildman–Crippen LogP) is 7.56. The van der Waals surface area contributed by atoms with Crippen molar-refractivity contribution in [2.45, 2.75) is 50.9 Å². The van der Waals surface area contributed by atoms with Gasteiger partial charge in [0, 0.05) is 24.3 Å². The zero-order valence-electron chi connectivity index (χ0n) is 20.5. The Bertz CT molecular complexity index is 1210. The highest BCUT2D eigenvalue weighted by molar-refractivity contribution is 5.62. The van der Waals surface area contributed by atoms with Crippen LogP contribution in [0, 0.1) is 11.3 Å². The van der Waals surface area contributed by atoms with E-state index in [1.807, 2.05) is 62.5 Å². The van der Waals surface area contributed by atoms with Gasteiger partial charge < -0.3 is 0 Å². The van der Waals surface area contributed by atoms with E-state index in [9.17, 15) is 13.2 Å². The van der Waals surface area contributed by atoms with Crippen molar-refractivity contribution in [1.29, 1.82) is 5.26 Å². The summed E-state index contributed by atoms with van der Waals surface area (Å²) in [7, 11) is 0. The lowest BCUT2D eigenvalue weighted by atomic mass is 9.79. The van der Waals surface area contributed by atoms with Gasteiger partial charge in [-0.1, -0.05) is 73.3 Å². The summed E-state index contributed by atoms with van der Waals surface area (Å²) in [6.45, 7) is 7.07. The van der Waals surface area contributed by atoms with Crippen molar-refractivity contribution in [1.82, 2.24) is 5.32 Å². The van der Waals surface area contributed by atoms with Crippen LogP contribution in [0.25, 0.3) is 0 Å². The standard InChI is InChI=1S/C30H30F3N3/c1-22(10-9-11-23(2)30(31,32)33)29(28-14-7-8-19-35-28,20-25-12-5-4-6-13-25)36-24(3)27-17-15-26(21-34)16-18-27/h4-6,9-19,24,36H,2,7-8,20H2,1,3H3/b11-9-,22-10+. The molecule has 186 valence electrons. The lowest BCUT2D eigenvalue weighted by molar-refractivity contribution is -0.0878. The van der Waals surface area contributed by atoms with Crippen molar-refractivity contribution in [3.63, 3.8) is 0 Å². The zero-order chi connectivity index (χ0) is 26.2. The van der Waals surface area contributed by atoms with Crippen LogP contribution in [0.5, 0.6) is 0 Å². The van der Waals surface area contributed by atoms with Crippen LogP contribution in [0.3, 0.4) is 0 Å². The van der Waals surface area contributed by atoms with Crippen LogP contribution in [0.4, 0.5) is 13.2 Å². The summed E-state index contributed by atoms with van der Waals surface area (Å²) in [5, 5.41) is 12.9. The number of halogens is 3. The molecule has 6 heteroatoms. The van der Waals surface area contributed by atoms with Crippen molar-refractivity contribution < 1.29 is 13.2 Å². The average Bonchev–Trinajstić information content (AvgIpc) is 2.88. The minimum Gasteiger partial charge on any atom is -0.296 e. The predicted molar refractivity (Wildman–Crippen MR) is 139 cm³/mol. The molecule has 2 aromatic rings. The first-order chi connectivity index (χ1) is 17.2. The molecule has 0 spiro atoms. The summed E-state index contributed by atoms with van der Waals surface area (Å²) in [5.74, 6) is 0. The number of aliphatic imine (C=N–C) groups is 1. The highest BCUT2D eigenvalue weighted by Gasteiger charge is 2.38. The highest BCUT2D eigenvalue weighted by atomic mass is 19.4. The van der Waals surface area contributed by atoms with Gasteiger partial charge in [-0.25, -0.2) is 0 Å². The number of hydrogen-bond acceptors (Lipinski definition) is 3. The number of hydrogen-bond donors (Lipinski definition) is 1. The first-order valence-electron chi connectivity index (χ1n) is 11.8. The lowest BCUT2D eigenvalue weighted by Gasteiger charge is -2.40. The second-order valence-corrected chi connectivity index (χ2v) is 8.88. The fourth-order valence-corrected chi connectivity index (χ4v) is 4.21. The Morgan fingerprint density at radius 3 is 2.42 bits per heavy atom. The molecule has 1 N–H and O–H groups in total. The summed E-state index contributed by atoms with van der Waals surface area (Å²) in [6, 6.07) is 19.3. The van der Waals surface area contributed by atoms with Crippen molar-refractivity contribution in [2.24, 2.45) is 4.99 Å². The van der Waals surface area contributed by atoms with Gasteiger partial charge in [-0.15, -0.1) is 0 Å². The second-order valence-electron chi connectivity index (χ2n) is 8.88. The van der Waals surface area contributed by atoms with Crippen molar-refractivity contribution in [3.05, 3.63) is 119 Å². The molecule has 0 radical (unpaired) electrons. The summed E-state index contributed by atoms with van der Waals surface area (Å²) < 4.78 is 38.9. The van der Waals surface area contributed by atoms with E-state index < -0.39 is 17.3 Å². The van der Waals surface area contributed by atoms with Crippen LogP contribution in [-0.4, -0.2) is 17.9 Å². The van der Waals surface area contributed by atoms with Crippen LogP contribution in [0.15, 0.2) is 107 Å². The number of alkyl halides is 3. The fourth-order valence-electron chi connectivity index (χ4n) is 4.21. The van der Waals surface area contributed by atoms with Crippen molar-refractivity contribution in [2.75, 3.05) is 0 Å². The molecule has 1 heterocycles. The van der Waals surface area contributed by atoms with Gasteiger partial charge in [0.25, 0.3) is 0 Å². The van der Waals surface area contributed by atoms with Crippen LogP contribution in [0.2, 0.25) is 0 Å². The van der Waals surface area contributed by atoms with Crippen LogP contribution >= 0.6 is 0 Å². The van der Waals surface area contributed by atoms with Crippen molar-refractivity contribution in [3.8, 4) is 6.07 Å². The Hall–Kier alpha value is -3.69. The third-order valence-corrected chi connectivity index (χ3v) is 6.30. The van der Waals surface area contributed by atoms with Gasteiger partial charge in [-0.05, 0) is 55.5 Å². The Kier molecular flexibility index (Phi) is 8.84. The minimum atomic E-state index is -4.47. The maximum absolute atomic E-state index is 13.0. The molecule has 1 aliphatic heterocycles. The van der Waals surface area contributed by atoms with Crippen LogP contribution in [-0.2, 0) is 6.42 Å². The molecule has 0 saturated heterocycles. The largest absolute Gasteiger partial charge is 0.415 e. The Balaban J connectivity index is 2.09. The van der Waals surface area contributed by atoms with Gasteiger partial charge >= 0.3 is 6.18 Å². The maximum Gasteiger partial charge on any atom is 0.415 e. The summed E-state index contributed by atoms with van der Waals surface area (Å²) >= 11 is 0. The molecule has 3 nitrogen and oxygen atoms in total. The Morgan fingerprint density at radius 1 is 1.14 bits per heavy atom. The molecular weight excluding hydrogens is 459 g/mol. The van der Waals surface area contributed by atoms with E-state index in [1.54, 1.807) is 18.2 Å². The first-order valence-corrected chi connectivity index (χ1v) is 11.8. The van der Waals surface area contributed by atoms with E-state index in [4.69, 9.17) is 10.3 Å². The molecule has 1 aliphatic rings. The lowest BCUT2D eigenvalue weighted by Crippen LogP contribution is -2.51. The molecule has 3 rings (SSSR count). The summed E-state index contributed by atoms with van der Waals surface area (Å²) in [4.78, 5) is 4.74. The van der Waals surface area contributed by atoms with Gasteiger partial charge in [0.1, 0.15) is 0 Å². The quantitative estimate of drug-likeness (QED) is 0.370. The second kappa shape index (κ2) is 11.8. The van der Waals surface area contributed by atoms with Gasteiger partial charge in [0.05, 0.1) is 22.9 Å². The topological polar surface area (TPSA) is 48.2 Å². The van der Waals surface area contributed by atoms with E-state index in [1.165, 1.54) is 6.08 Å². The smallest absolute Gasteiger partial charge is 0.296 e. The molecule has 0 bridgehead atoms. The molecule has 2 aromatic carbocycles. The SMILES string of the molecule is C=C(/C=C\C=C(/C)C(Cc1ccccc1)(NC(C)c1ccc(C#N)cc1)C1=CCCC=N1)C(F)(F)F. The zero-order valence-corrected chi connectivity index (χ0v) is 20.5. The molecule has 2 atom stereocenters. The molecule has 36 heavy (non-hydrogen) atoms. The average molecular weight is 490 g/mol. The molecule has 0 aromatic heterocycles. The molecule has 0 amide bonds. The normalized spacial score (nSPS) is 16.8. The highest BCUT2D eigenvalue weighted by Crippen LogP contribution is 2.36. The Morgan fingerprint density at radius 2 is 1.83 bits per heavy atom. The summed E-state index contributed by atoms with van der Waals surface area (Å²) in [6.07, 6.45) is 5.80. The molecule has 0 fully saturated rings. The van der Waals surface area contributed by atoms with E-state index in [2.05, 4.69) is 24.0 Å². The third-order valence-electron chi connectivity index (χ3n) is 6.30. The fraction of sp³-hybridized carbons (Fsp3) is 0.267. The number of nitriles is 1. The maximum atomic E-state index is 13.0. The number of rotatable bonds is 9. The van der Waals surface area contributed by atoms with E-state index >= 15 is 0 Å². The van der Waals surface area contributed by atoms with Gasteiger partial charge in [-0.3, -0.25) is 10.3 Å². The number of nitrogens with zero attached hydrogens (tertiary/aromatic N) is 2. The monoisotopic (exact) mass is 489 g/mol. The third kappa shape index (κ3) is 6.71. The number of benzene rings is 2. The Labute approximate surface area is 211 Å². The van der Waals surface area contributed by atoms with Gasteiger partial charge in [-0.2, -0.15) is 18.4 Å². The van der Waals surface area contributed by atoms with Gasteiger partial charge in [0.2, 0.25) is 0 Å². The molecule has 0 saturated carbocycles.